The molecule has 0 radical (unpaired) electrons. The summed E-state index contributed by atoms with van der Waals surface area (Å²) in [5.41, 5.74) is 4.28. The van der Waals surface area contributed by atoms with Gasteiger partial charge in [-0.3, -0.25) is 9.59 Å². The SMILES string of the molecule is COc1cc(OC)cc(C(=O)NCCC(=O)Nc2ccc(-c3nc4ccc(C)cc4s3)cc2)c1. The molecule has 174 valence electrons. The lowest BCUT2D eigenvalue weighted by molar-refractivity contribution is -0.116. The number of ether oxygens (including phenoxy) is 2. The fourth-order valence-electron chi connectivity index (χ4n) is 3.41. The molecule has 2 N–H and O–H groups in total. The van der Waals surface area contributed by atoms with Gasteiger partial charge in [-0.25, -0.2) is 4.98 Å². The highest BCUT2D eigenvalue weighted by Gasteiger charge is 2.11. The second-order valence-electron chi connectivity index (χ2n) is 7.72. The number of methoxy groups -OCH3 is 2. The van der Waals surface area contributed by atoms with Gasteiger partial charge in [0.2, 0.25) is 5.91 Å². The van der Waals surface area contributed by atoms with Gasteiger partial charge >= 0.3 is 0 Å². The molecular weight excluding hydrogens is 450 g/mol. The van der Waals surface area contributed by atoms with Crippen LogP contribution in [0, 0.1) is 6.92 Å². The van der Waals surface area contributed by atoms with E-state index in [1.54, 1.807) is 29.5 Å². The lowest BCUT2D eigenvalue weighted by atomic mass is 10.2. The third-order valence-corrected chi connectivity index (χ3v) is 6.28. The molecule has 1 heterocycles. The summed E-state index contributed by atoms with van der Waals surface area (Å²) < 4.78 is 11.5. The zero-order valence-electron chi connectivity index (χ0n) is 19.2. The van der Waals surface area contributed by atoms with Crippen LogP contribution in [0.2, 0.25) is 0 Å². The van der Waals surface area contributed by atoms with E-state index in [-0.39, 0.29) is 24.8 Å². The van der Waals surface area contributed by atoms with Crippen LogP contribution in [0.1, 0.15) is 22.3 Å². The summed E-state index contributed by atoms with van der Waals surface area (Å²) in [4.78, 5) is 29.4. The van der Waals surface area contributed by atoms with Gasteiger partial charge in [0.1, 0.15) is 16.5 Å². The normalized spacial score (nSPS) is 10.7. The molecule has 0 saturated heterocycles. The number of rotatable bonds is 8. The number of thiazole rings is 1. The van der Waals surface area contributed by atoms with Gasteiger partial charge in [-0.1, -0.05) is 6.07 Å². The highest BCUT2D eigenvalue weighted by molar-refractivity contribution is 7.21. The van der Waals surface area contributed by atoms with E-state index in [2.05, 4.69) is 29.7 Å². The van der Waals surface area contributed by atoms with Crippen LogP contribution in [0.4, 0.5) is 5.69 Å². The first kappa shape index (κ1) is 23.3. The molecule has 3 aromatic carbocycles. The van der Waals surface area contributed by atoms with Crippen LogP contribution in [0.25, 0.3) is 20.8 Å². The molecule has 4 aromatic rings. The maximum Gasteiger partial charge on any atom is 0.251 e. The lowest BCUT2D eigenvalue weighted by Gasteiger charge is -2.10. The Kier molecular flexibility index (Phi) is 7.08. The summed E-state index contributed by atoms with van der Waals surface area (Å²) in [7, 11) is 3.04. The van der Waals surface area contributed by atoms with Crippen LogP contribution in [-0.2, 0) is 4.79 Å². The molecule has 0 aliphatic heterocycles. The van der Waals surface area contributed by atoms with E-state index in [0.717, 1.165) is 20.8 Å². The van der Waals surface area contributed by atoms with Crippen LogP contribution >= 0.6 is 11.3 Å². The van der Waals surface area contributed by atoms with E-state index in [0.29, 0.717) is 22.7 Å². The number of aryl methyl sites for hydroxylation is 1. The molecule has 0 bridgehead atoms. The van der Waals surface area contributed by atoms with Gasteiger partial charge in [0, 0.05) is 35.8 Å². The van der Waals surface area contributed by atoms with Gasteiger partial charge in [0.15, 0.2) is 0 Å². The second kappa shape index (κ2) is 10.4. The topological polar surface area (TPSA) is 89.5 Å². The number of amides is 2. The Morgan fingerprint density at radius 1 is 0.941 bits per heavy atom. The van der Waals surface area contributed by atoms with E-state index >= 15 is 0 Å². The average molecular weight is 476 g/mol. The zero-order valence-corrected chi connectivity index (χ0v) is 20.0. The van der Waals surface area contributed by atoms with E-state index in [1.807, 2.05) is 30.3 Å². The minimum atomic E-state index is -0.305. The van der Waals surface area contributed by atoms with Gasteiger partial charge in [0.05, 0.1) is 24.4 Å². The van der Waals surface area contributed by atoms with Crippen molar-refractivity contribution in [3.63, 3.8) is 0 Å². The van der Waals surface area contributed by atoms with Gasteiger partial charge in [-0.2, -0.15) is 0 Å². The highest BCUT2D eigenvalue weighted by Crippen LogP contribution is 2.31. The summed E-state index contributed by atoms with van der Waals surface area (Å²) in [5, 5.41) is 6.55. The second-order valence-corrected chi connectivity index (χ2v) is 8.75. The molecule has 0 aliphatic rings. The number of carbonyl (C=O) groups is 2. The predicted octanol–water partition coefficient (Wildman–Crippen LogP) is 5.05. The predicted molar refractivity (Wildman–Crippen MR) is 135 cm³/mol. The van der Waals surface area contributed by atoms with Crippen molar-refractivity contribution >= 4 is 39.1 Å². The summed E-state index contributed by atoms with van der Waals surface area (Å²) >= 11 is 1.65. The van der Waals surface area contributed by atoms with Crippen molar-refractivity contribution in [1.82, 2.24) is 10.3 Å². The number of nitrogens with zero attached hydrogens (tertiary/aromatic N) is 1. The lowest BCUT2D eigenvalue weighted by Crippen LogP contribution is -2.27. The van der Waals surface area contributed by atoms with Crippen molar-refractivity contribution in [3.05, 3.63) is 71.8 Å². The first-order valence-corrected chi connectivity index (χ1v) is 11.6. The quantitative estimate of drug-likeness (QED) is 0.372. The molecule has 4 rings (SSSR count). The molecule has 0 saturated carbocycles. The van der Waals surface area contributed by atoms with Gasteiger partial charge < -0.3 is 20.1 Å². The minimum Gasteiger partial charge on any atom is -0.497 e. The van der Waals surface area contributed by atoms with Crippen LogP contribution in [0.15, 0.2) is 60.7 Å². The van der Waals surface area contributed by atoms with Crippen molar-refractivity contribution in [1.29, 1.82) is 0 Å². The number of nitrogens with one attached hydrogen (secondary N) is 2. The number of aromatic nitrogens is 1. The number of fused-ring (bicyclic) bond motifs is 1. The average Bonchev–Trinajstić information content (AvgIpc) is 3.27. The summed E-state index contributed by atoms with van der Waals surface area (Å²) in [6, 6.07) is 18.7. The Morgan fingerprint density at radius 2 is 1.65 bits per heavy atom. The molecule has 0 fully saturated rings. The summed E-state index contributed by atoms with van der Waals surface area (Å²) in [6.07, 6.45) is 0.145. The summed E-state index contributed by atoms with van der Waals surface area (Å²) in [5.74, 6) is 0.547. The maximum atomic E-state index is 12.4. The van der Waals surface area contributed by atoms with Crippen molar-refractivity contribution in [3.8, 4) is 22.1 Å². The largest absolute Gasteiger partial charge is 0.497 e. The Bertz CT molecular complexity index is 1310. The van der Waals surface area contributed by atoms with Gasteiger partial charge in [-0.15, -0.1) is 11.3 Å². The summed E-state index contributed by atoms with van der Waals surface area (Å²) in [6.45, 7) is 2.27. The number of carbonyl (C=O) groups excluding carboxylic acids is 2. The molecule has 0 unspecified atom stereocenters. The van der Waals surface area contributed by atoms with Crippen LogP contribution in [0.5, 0.6) is 11.5 Å². The van der Waals surface area contributed by atoms with E-state index < -0.39 is 0 Å². The molecular formula is C26H25N3O4S. The molecule has 34 heavy (non-hydrogen) atoms. The molecule has 0 aliphatic carbocycles. The Balaban J connectivity index is 1.30. The highest BCUT2D eigenvalue weighted by atomic mass is 32.1. The van der Waals surface area contributed by atoms with Crippen LogP contribution < -0.4 is 20.1 Å². The Labute approximate surface area is 201 Å². The van der Waals surface area contributed by atoms with E-state index in [1.165, 1.54) is 19.8 Å². The first-order chi connectivity index (χ1) is 16.4. The van der Waals surface area contributed by atoms with Gasteiger partial charge in [0.25, 0.3) is 5.91 Å². The first-order valence-electron chi connectivity index (χ1n) is 10.7. The van der Waals surface area contributed by atoms with Crippen molar-refractivity contribution in [2.24, 2.45) is 0 Å². The third kappa shape index (κ3) is 5.52. The Morgan fingerprint density at radius 3 is 2.32 bits per heavy atom. The van der Waals surface area contributed by atoms with Crippen LogP contribution in [-0.4, -0.2) is 37.6 Å². The molecule has 1 aromatic heterocycles. The van der Waals surface area contributed by atoms with Crippen molar-refractivity contribution in [2.75, 3.05) is 26.1 Å². The maximum absolute atomic E-state index is 12.4. The number of hydrogen-bond acceptors (Lipinski definition) is 6. The fourth-order valence-corrected chi connectivity index (χ4v) is 4.47. The van der Waals surface area contributed by atoms with E-state index in [4.69, 9.17) is 14.5 Å². The minimum absolute atomic E-state index is 0.145. The standard InChI is InChI=1S/C26H25N3O4S/c1-16-4-9-22-23(12-16)34-26(29-22)17-5-7-19(8-6-17)28-24(30)10-11-27-25(31)18-13-20(32-2)15-21(14-18)33-3/h4-9,12-15H,10-11H2,1-3H3,(H,27,31)(H,28,30). The number of benzene rings is 3. The smallest absolute Gasteiger partial charge is 0.251 e. The fraction of sp³-hybridized carbons (Fsp3) is 0.192. The van der Waals surface area contributed by atoms with E-state index in [9.17, 15) is 9.59 Å². The molecule has 2 amide bonds. The molecule has 0 atom stereocenters. The third-order valence-electron chi connectivity index (χ3n) is 5.21. The van der Waals surface area contributed by atoms with Crippen molar-refractivity contribution in [2.45, 2.75) is 13.3 Å². The van der Waals surface area contributed by atoms with Crippen LogP contribution in [0.3, 0.4) is 0 Å². The number of hydrogen-bond donors (Lipinski definition) is 2. The molecule has 7 nitrogen and oxygen atoms in total. The zero-order chi connectivity index (χ0) is 24.1. The van der Waals surface area contributed by atoms with Gasteiger partial charge in [-0.05, 0) is 61.0 Å². The molecule has 0 spiro atoms. The molecule has 8 heteroatoms. The monoisotopic (exact) mass is 475 g/mol. The van der Waals surface area contributed by atoms with Crippen molar-refractivity contribution < 1.29 is 19.1 Å². The number of anilines is 1. The Hall–Kier alpha value is -3.91.